The third-order valence-corrected chi connectivity index (χ3v) is 3.56. The molecule has 5 heteroatoms. The summed E-state index contributed by atoms with van der Waals surface area (Å²) in [5.41, 5.74) is 1.24. The van der Waals surface area contributed by atoms with Crippen LogP contribution in [0.5, 0.6) is 5.75 Å². The van der Waals surface area contributed by atoms with Crippen LogP contribution in [0.4, 0.5) is 0 Å². The molecule has 4 nitrogen and oxygen atoms in total. The van der Waals surface area contributed by atoms with Crippen LogP contribution in [0.25, 0.3) is 0 Å². The fraction of sp³-hybridized carbons (Fsp3) is 0.538. The zero-order valence-corrected chi connectivity index (χ0v) is 11.9. The molecule has 18 heavy (non-hydrogen) atoms. The monoisotopic (exact) mass is 269 g/mol. The smallest absolute Gasteiger partial charge is 0.190 e. The van der Waals surface area contributed by atoms with Crippen molar-refractivity contribution in [2.45, 2.75) is 6.92 Å². The summed E-state index contributed by atoms with van der Waals surface area (Å²) in [7, 11) is 2.70. The molecule has 0 spiro atoms. The number of rotatable bonds is 5. The average molecular weight is 269 g/mol. The normalized spacial score (nSPS) is 16.8. The SMILES string of the molecule is Cc1ccc(OCOCN2CCOCC2)cc1P. The standard InChI is InChI=1S/C13H20NO3P/c1-11-2-3-12(8-13(11)18)17-10-16-9-14-4-6-15-7-5-14/h2-3,8H,4-7,9-10,18H2,1H3. The summed E-state index contributed by atoms with van der Waals surface area (Å²) < 4.78 is 16.3. The Balaban J connectivity index is 1.66. The molecule has 1 fully saturated rings. The highest BCUT2D eigenvalue weighted by atomic mass is 31.0. The van der Waals surface area contributed by atoms with Crippen LogP contribution in [0.15, 0.2) is 18.2 Å². The highest BCUT2D eigenvalue weighted by Gasteiger charge is 2.09. The molecule has 0 saturated carbocycles. The molecule has 0 N–H and O–H groups in total. The van der Waals surface area contributed by atoms with Crippen LogP contribution in [0, 0.1) is 6.92 Å². The molecule has 0 radical (unpaired) electrons. The van der Waals surface area contributed by atoms with Gasteiger partial charge in [-0.25, -0.2) is 0 Å². The first kappa shape index (κ1) is 13.8. The van der Waals surface area contributed by atoms with Crippen LogP contribution in [0.3, 0.4) is 0 Å². The molecule has 1 heterocycles. The third kappa shape index (κ3) is 4.21. The van der Waals surface area contributed by atoms with Crippen molar-refractivity contribution in [3.05, 3.63) is 23.8 Å². The van der Waals surface area contributed by atoms with Gasteiger partial charge in [-0.2, -0.15) is 0 Å². The molecule has 2 rings (SSSR count). The minimum Gasteiger partial charge on any atom is -0.467 e. The van der Waals surface area contributed by atoms with Gasteiger partial charge < -0.3 is 14.2 Å². The molecule has 0 bridgehead atoms. The van der Waals surface area contributed by atoms with Crippen LogP contribution >= 0.6 is 9.24 Å². The van der Waals surface area contributed by atoms with Gasteiger partial charge in [-0.05, 0) is 29.9 Å². The van der Waals surface area contributed by atoms with E-state index >= 15 is 0 Å². The summed E-state index contributed by atoms with van der Waals surface area (Å²) >= 11 is 0. The minimum absolute atomic E-state index is 0.282. The second-order valence-electron chi connectivity index (χ2n) is 4.34. The Kier molecular flexibility index (Phi) is 5.39. The van der Waals surface area contributed by atoms with Crippen molar-refractivity contribution >= 4 is 14.5 Å². The van der Waals surface area contributed by atoms with Crippen LogP contribution in [-0.2, 0) is 9.47 Å². The van der Waals surface area contributed by atoms with Gasteiger partial charge in [0.2, 0.25) is 0 Å². The molecule has 1 atom stereocenters. The van der Waals surface area contributed by atoms with E-state index < -0.39 is 0 Å². The Morgan fingerprint density at radius 3 is 2.83 bits per heavy atom. The van der Waals surface area contributed by atoms with Gasteiger partial charge in [0.05, 0.1) is 13.2 Å². The van der Waals surface area contributed by atoms with Gasteiger partial charge in [-0.1, -0.05) is 6.07 Å². The van der Waals surface area contributed by atoms with Crippen molar-refractivity contribution in [2.75, 3.05) is 39.8 Å². The van der Waals surface area contributed by atoms with Crippen molar-refractivity contribution in [1.82, 2.24) is 4.90 Å². The number of nitrogens with zero attached hydrogens (tertiary/aromatic N) is 1. The highest BCUT2D eigenvalue weighted by Crippen LogP contribution is 2.12. The number of ether oxygens (including phenoxy) is 3. The Morgan fingerprint density at radius 2 is 2.11 bits per heavy atom. The molecule has 0 aliphatic carbocycles. The van der Waals surface area contributed by atoms with Gasteiger partial charge in [0.25, 0.3) is 0 Å². The Hall–Kier alpha value is -0.670. The minimum atomic E-state index is 0.282. The molecule has 100 valence electrons. The molecular formula is C13H20NO3P. The first-order valence-electron chi connectivity index (χ1n) is 6.12. The van der Waals surface area contributed by atoms with Crippen molar-refractivity contribution in [3.63, 3.8) is 0 Å². The lowest BCUT2D eigenvalue weighted by molar-refractivity contribution is -0.0710. The summed E-state index contributed by atoms with van der Waals surface area (Å²) in [6.45, 7) is 6.40. The van der Waals surface area contributed by atoms with Crippen LogP contribution in [0.1, 0.15) is 5.56 Å². The Bertz CT molecular complexity index is 380. The lowest BCUT2D eigenvalue weighted by Crippen LogP contribution is -2.38. The van der Waals surface area contributed by atoms with Crippen molar-refractivity contribution in [3.8, 4) is 5.75 Å². The molecule has 1 unspecified atom stereocenters. The van der Waals surface area contributed by atoms with E-state index in [1.807, 2.05) is 18.2 Å². The van der Waals surface area contributed by atoms with Crippen LogP contribution < -0.4 is 10.0 Å². The van der Waals surface area contributed by atoms with E-state index in [1.54, 1.807) is 0 Å². The largest absolute Gasteiger partial charge is 0.467 e. The second-order valence-corrected chi connectivity index (χ2v) is 4.97. The maximum Gasteiger partial charge on any atom is 0.190 e. The fourth-order valence-electron chi connectivity index (χ4n) is 1.71. The molecule has 1 aromatic rings. The zero-order valence-electron chi connectivity index (χ0n) is 10.7. The van der Waals surface area contributed by atoms with E-state index in [9.17, 15) is 0 Å². The summed E-state index contributed by atoms with van der Waals surface area (Å²) in [6, 6.07) is 6.00. The third-order valence-electron chi connectivity index (χ3n) is 2.94. The van der Waals surface area contributed by atoms with E-state index in [0.29, 0.717) is 6.73 Å². The number of hydrogen-bond donors (Lipinski definition) is 0. The van der Waals surface area contributed by atoms with E-state index in [4.69, 9.17) is 14.2 Å². The molecule has 1 saturated heterocycles. The maximum absolute atomic E-state index is 5.54. The topological polar surface area (TPSA) is 30.9 Å². The lowest BCUT2D eigenvalue weighted by atomic mass is 10.2. The van der Waals surface area contributed by atoms with Gasteiger partial charge in [0, 0.05) is 13.1 Å². The Labute approximate surface area is 110 Å². The quantitative estimate of drug-likeness (QED) is 0.455. The molecule has 1 aliphatic rings. The first-order chi connectivity index (χ1) is 8.75. The van der Waals surface area contributed by atoms with E-state index in [-0.39, 0.29) is 6.79 Å². The first-order valence-corrected chi connectivity index (χ1v) is 6.70. The lowest BCUT2D eigenvalue weighted by Gasteiger charge is -2.26. The molecule has 1 aromatic carbocycles. The predicted octanol–water partition coefficient (Wildman–Crippen LogP) is 1.14. The number of hydrogen-bond acceptors (Lipinski definition) is 4. The van der Waals surface area contributed by atoms with Gasteiger partial charge in [-0.3, -0.25) is 4.90 Å². The van der Waals surface area contributed by atoms with Gasteiger partial charge in [0.1, 0.15) is 12.5 Å². The number of morpholine rings is 1. The summed E-state index contributed by atoms with van der Waals surface area (Å²) in [5.74, 6) is 0.840. The van der Waals surface area contributed by atoms with Crippen LogP contribution in [-0.4, -0.2) is 44.7 Å². The average Bonchev–Trinajstić information content (AvgIpc) is 2.40. The highest BCUT2D eigenvalue weighted by molar-refractivity contribution is 7.27. The van der Waals surface area contributed by atoms with Gasteiger partial charge in [0.15, 0.2) is 6.79 Å². The van der Waals surface area contributed by atoms with Crippen molar-refractivity contribution < 1.29 is 14.2 Å². The van der Waals surface area contributed by atoms with Crippen LogP contribution in [0.2, 0.25) is 0 Å². The summed E-state index contributed by atoms with van der Waals surface area (Å²) in [6.07, 6.45) is 0. The fourth-order valence-corrected chi connectivity index (χ4v) is 1.98. The second kappa shape index (κ2) is 7.05. The maximum atomic E-state index is 5.54. The van der Waals surface area contributed by atoms with Crippen molar-refractivity contribution in [1.29, 1.82) is 0 Å². The van der Waals surface area contributed by atoms with E-state index in [1.165, 1.54) is 5.56 Å². The predicted molar refractivity (Wildman–Crippen MR) is 74.4 cm³/mol. The number of aryl methyl sites for hydroxylation is 1. The molecular weight excluding hydrogens is 249 g/mol. The van der Waals surface area contributed by atoms with Gasteiger partial charge in [-0.15, -0.1) is 9.24 Å². The molecule has 0 aromatic heterocycles. The Morgan fingerprint density at radius 1 is 1.33 bits per heavy atom. The summed E-state index contributed by atoms with van der Waals surface area (Å²) in [4.78, 5) is 2.21. The molecule has 1 aliphatic heterocycles. The summed E-state index contributed by atoms with van der Waals surface area (Å²) in [5, 5.41) is 1.15. The molecule has 0 amide bonds. The number of benzene rings is 1. The zero-order chi connectivity index (χ0) is 12.8. The van der Waals surface area contributed by atoms with Gasteiger partial charge >= 0.3 is 0 Å². The van der Waals surface area contributed by atoms with E-state index in [2.05, 4.69) is 21.1 Å². The van der Waals surface area contributed by atoms with E-state index in [0.717, 1.165) is 37.4 Å². The van der Waals surface area contributed by atoms with Crippen molar-refractivity contribution in [2.24, 2.45) is 0 Å².